The van der Waals surface area contributed by atoms with E-state index in [1.807, 2.05) is 0 Å². The van der Waals surface area contributed by atoms with E-state index in [2.05, 4.69) is 0 Å². The summed E-state index contributed by atoms with van der Waals surface area (Å²) in [5.41, 5.74) is 0. The lowest BCUT2D eigenvalue weighted by Crippen LogP contribution is -2.44. The molecule has 78 valence electrons. The van der Waals surface area contributed by atoms with Gasteiger partial charge in [0.15, 0.2) is 0 Å². The summed E-state index contributed by atoms with van der Waals surface area (Å²) in [5, 5.41) is 8.45. The Morgan fingerprint density at radius 1 is 1.57 bits per heavy atom. The summed E-state index contributed by atoms with van der Waals surface area (Å²) in [7, 11) is 2.96. The van der Waals surface area contributed by atoms with Gasteiger partial charge in [-0.05, 0) is 6.42 Å². The second-order valence-corrected chi connectivity index (χ2v) is 3.29. The minimum absolute atomic E-state index is 0.206. The van der Waals surface area contributed by atoms with E-state index in [1.54, 1.807) is 7.05 Å². The third-order valence-corrected chi connectivity index (χ3v) is 2.37. The van der Waals surface area contributed by atoms with E-state index in [9.17, 15) is 14.4 Å². The number of carboxylic acids is 1. The number of likely N-dealkylation sites (tertiary alicyclic amines) is 1. The highest BCUT2D eigenvalue weighted by molar-refractivity contribution is 6.31. The highest BCUT2D eigenvalue weighted by Gasteiger charge is 2.36. The molecule has 0 bridgehead atoms. The van der Waals surface area contributed by atoms with Crippen molar-refractivity contribution in [1.29, 1.82) is 0 Å². The van der Waals surface area contributed by atoms with Crippen molar-refractivity contribution < 1.29 is 19.5 Å². The van der Waals surface area contributed by atoms with Crippen LogP contribution >= 0.6 is 0 Å². The van der Waals surface area contributed by atoms with Crippen molar-refractivity contribution in [3.05, 3.63) is 0 Å². The van der Waals surface area contributed by atoms with Crippen LogP contribution in [-0.2, 0) is 14.4 Å². The predicted molar refractivity (Wildman–Crippen MR) is 46.4 cm³/mol. The molecule has 1 atom stereocenters. The molecule has 1 rings (SSSR count). The van der Waals surface area contributed by atoms with Gasteiger partial charge in [0.05, 0.1) is 0 Å². The molecule has 1 aliphatic heterocycles. The van der Waals surface area contributed by atoms with Gasteiger partial charge in [0.25, 0.3) is 0 Å². The Kier molecular flexibility index (Phi) is 2.73. The third-order valence-electron chi connectivity index (χ3n) is 2.37. The molecule has 1 N–H and O–H groups in total. The van der Waals surface area contributed by atoms with Gasteiger partial charge in [-0.25, -0.2) is 4.79 Å². The fourth-order valence-electron chi connectivity index (χ4n) is 1.46. The largest absolute Gasteiger partial charge is 0.474 e. The molecule has 2 amide bonds. The van der Waals surface area contributed by atoms with Crippen LogP contribution in [0.5, 0.6) is 0 Å². The zero-order valence-electron chi connectivity index (χ0n) is 8.06. The molecule has 0 radical (unpaired) electrons. The van der Waals surface area contributed by atoms with Gasteiger partial charge in [0.2, 0.25) is 5.91 Å². The average Bonchev–Trinajstić information content (AvgIpc) is 2.45. The van der Waals surface area contributed by atoms with Crippen molar-refractivity contribution in [2.45, 2.75) is 12.5 Å². The van der Waals surface area contributed by atoms with Crippen molar-refractivity contribution in [1.82, 2.24) is 9.80 Å². The molecular weight excluding hydrogens is 188 g/mol. The summed E-state index contributed by atoms with van der Waals surface area (Å²) in [6, 6.07) is -0.622. The highest BCUT2D eigenvalue weighted by Crippen LogP contribution is 2.14. The van der Waals surface area contributed by atoms with Gasteiger partial charge >= 0.3 is 11.9 Å². The lowest BCUT2D eigenvalue weighted by atomic mass is 10.2. The molecule has 0 aromatic carbocycles. The van der Waals surface area contributed by atoms with E-state index in [0.29, 0.717) is 13.0 Å². The smallest absolute Gasteiger partial charge is 0.394 e. The van der Waals surface area contributed by atoms with Crippen LogP contribution in [-0.4, -0.2) is 59.4 Å². The second kappa shape index (κ2) is 3.65. The maximum atomic E-state index is 11.4. The summed E-state index contributed by atoms with van der Waals surface area (Å²) >= 11 is 0. The summed E-state index contributed by atoms with van der Waals surface area (Å²) in [6.07, 6.45) is 0.491. The minimum atomic E-state index is -1.53. The molecule has 0 saturated carbocycles. The van der Waals surface area contributed by atoms with E-state index in [-0.39, 0.29) is 5.91 Å². The number of carboxylic acid groups (broad SMARTS) is 1. The number of aliphatic carboxylic acids is 1. The van der Waals surface area contributed by atoms with Crippen LogP contribution in [0.1, 0.15) is 6.42 Å². The lowest BCUT2D eigenvalue weighted by Gasteiger charge is -2.20. The van der Waals surface area contributed by atoms with Crippen LogP contribution in [0.25, 0.3) is 0 Å². The zero-order chi connectivity index (χ0) is 10.9. The molecule has 6 nitrogen and oxygen atoms in total. The molecule has 1 unspecified atom stereocenters. The normalized spacial score (nSPS) is 21.1. The number of amides is 2. The molecule has 1 aliphatic rings. The molecule has 0 aromatic heterocycles. The molecule has 0 aromatic rings. The van der Waals surface area contributed by atoms with Gasteiger partial charge in [-0.1, -0.05) is 0 Å². The fourth-order valence-corrected chi connectivity index (χ4v) is 1.46. The highest BCUT2D eigenvalue weighted by atomic mass is 16.4. The van der Waals surface area contributed by atoms with Crippen molar-refractivity contribution in [2.75, 3.05) is 20.6 Å². The van der Waals surface area contributed by atoms with Crippen molar-refractivity contribution in [2.24, 2.45) is 0 Å². The van der Waals surface area contributed by atoms with Crippen LogP contribution in [0.4, 0.5) is 0 Å². The van der Waals surface area contributed by atoms with Crippen LogP contribution in [0.15, 0.2) is 0 Å². The Morgan fingerprint density at radius 2 is 2.14 bits per heavy atom. The Bertz CT molecular complexity index is 289. The first-order chi connectivity index (χ1) is 6.45. The van der Waals surface area contributed by atoms with E-state index >= 15 is 0 Å². The van der Waals surface area contributed by atoms with Gasteiger partial charge in [-0.15, -0.1) is 0 Å². The van der Waals surface area contributed by atoms with Gasteiger partial charge < -0.3 is 14.9 Å². The van der Waals surface area contributed by atoms with Crippen LogP contribution in [0.2, 0.25) is 0 Å². The molecule has 0 aliphatic carbocycles. The number of hydrogen-bond donors (Lipinski definition) is 1. The molecule has 6 heteroatoms. The molecule has 1 heterocycles. The fraction of sp³-hybridized carbons (Fsp3) is 0.625. The molecule has 0 spiro atoms. The first-order valence-corrected chi connectivity index (χ1v) is 4.20. The van der Waals surface area contributed by atoms with Crippen molar-refractivity contribution in [3.63, 3.8) is 0 Å². The summed E-state index contributed by atoms with van der Waals surface area (Å²) in [5.74, 6) is -2.78. The summed E-state index contributed by atoms with van der Waals surface area (Å²) in [4.78, 5) is 35.3. The van der Waals surface area contributed by atoms with Crippen LogP contribution in [0, 0.1) is 0 Å². The standard InChI is InChI=1S/C8H12N2O4/c1-9-4-3-5(6(9)11)10(2)7(12)8(13)14/h5H,3-4H2,1-2H3,(H,13,14). The van der Waals surface area contributed by atoms with Gasteiger partial charge in [-0.2, -0.15) is 0 Å². The summed E-state index contributed by atoms with van der Waals surface area (Å²) < 4.78 is 0. The first kappa shape index (κ1) is 10.5. The molecular formula is C8H12N2O4. The number of rotatable bonds is 1. The predicted octanol–water partition coefficient (Wildman–Crippen LogP) is -1.24. The monoisotopic (exact) mass is 200 g/mol. The minimum Gasteiger partial charge on any atom is -0.474 e. The van der Waals surface area contributed by atoms with E-state index in [0.717, 1.165) is 4.90 Å². The third kappa shape index (κ3) is 1.68. The number of hydrogen-bond acceptors (Lipinski definition) is 3. The number of carbonyl (C=O) groups is 3. The number of likely N-dealkylation sites (N-methyl/N-ethyl adjacent to an activating group) is 2. The van der Waals surface area contributed by atoms with Gasteiger partial charge in [0, 0.05) is 20.6 Å². The van der Waals surface area contributed by atoms with Crippen LogP contribution < -0.4 is 0 Å². The van der Waals surface area contributed by atoms with Gasteiger partial charge in [-0.3, -0.25) is 9.59 Å². The molecule has 1 saturated heterocycles. The SMILES string of the molecule is CN1CCC(N(C)C(=O)C(=O)O)C1=O. The quantitative estimate of drug-likeness (QED) is 0.537. The lowest BCUT2D eigenvalue weighted by molar-refractivity contribution is -0.157. The van der Waals surface area contributed by atoms with Crippen molar-refractivity contribution in [3.8, 4) is 0 Å². The average molecular weight is 200 g/mol. The maximum Gasteiger partial charge on any atom is 0.394 e. The van der Waals surface area contributed by atoms with Crippen LogP contribution in [0.3, 0.4) is 0 Å². The van der Waals surface area contributed by atoms with E-state index in [4.69, 9.17) is 5.11 Å². The Morgan fingerprint density at radius 3 is 2.50 bits per heavy atom. The Balaban J connectivity index is 2.71. The Hall–Kier alpha value is -1.59. The first-order valence-electron chi connectivity index (χ1n) is 4.20. The topological polar surface area (TPSA) is 77.9 Å². The summed E-state index contributed by atoms with van der Waals surface area (Å²) in [6.45, 7) is 0.556. The number of nitrogens with zero attached hydrogens (tertiary/aromatic N) is 2. The maximum absolute atomic E-state index is 11.4. The van der Waals surface area contributed by atoms with Gasteiger partial charge in [0.1, 0.15) is 6.04 Å². The zero-order valence-corrected chi connectivity index (χ0v) is 8.06. The molecule has 1 fully saturated rings. The second-order valence-electron chi connectivity index (χ2n) is 3.29. The van der Waals surface area contributed by atoms with Crippen molar-refractivity contribution >= 4 is 17.8 Å². The Labute approximate surface area is 81.1 Å². The molecule has 14 heavy (non-hydrogen) atoms. The van der Waals surface area contributed by atoms with E-state index < -0.39 is 17.9 Å². The number of carbonyl (C=O) groups excluding carboxylic acids is 2. The van der Waals surface area contributed by atoms with E-state index in [1.165, 1.54) is 11.9 Å².